The van der Waals surface area contributed by atoms with Crippen LogP contribution in [0.1, 0.15) is 42.1 Å². The molecule has 25 heavy (non-hydrogen) atoms. The third-order valence-corrected chi connectivity index (χ3v) is 3.77. The van der Waals surface area contributed by atoms with Crippen molar-refractivity contribution in [2.24, 2.45) is 0 Å². The van der Waals surface area contributed by atoms with E-state index in [1.807, 2.05) is 32.0 Å². The minimum Gasteiger partial charge on any atom is -0.494 e. The quantitative estimate of drug-likeness (QED) is 0.786. The van der Waals surface area contributed by atoms with E-state index in [1.54, 1.807) is 24.3 Å². The molecule has 2 aromatic carbocycles. The van der Waals surface area contributed by atoms with Crippen molar-refractivity contribution in [3.63, 3.8) is 0 Å². The summed E-state index contributed by atoms with van der Waals surface area (Å²) in [6.07, 6.45) is 2.29. The first-order valence-corrected chi connectivity index (χ1v) is 8.39. The highest BCUT2D eigenvalue weighted by Crippen LogP contribution is 2.28. The number of ether oxygens (including phenoxy) is 1. The van der Waals surface area contributed by atoms with Crippen molar-refractivity contribution in [3.8, 4) is 5.75 Å². The van der Waals surface area contributed by atoms with Gasteiger partial charge in [-0.2, -0.15) is 0 Å². The Kier molecular flexibility index (Phi) is 6.57. The molecule has 0 saturated carbocycles. The molecule has 5 nitrogen and oxygen atoms in total. The number of carbonyl (C=O) groups excluding carboxylic acids is 2. The van der Waals surface area contributed by atoms with E-state index in [2.05, 4.69) is 10.6 Å². The van der Waals surface area contributed by atoms with Gasteiger partial charge in [0.15, 0.2) is 0 Å². The van der Waals surface area contributed by atoms with Gasteiger partial charge in [-0.05, 0) is 37.6 Å². The van der Waals surface area contributed by atoms with Crippen molar-refractivity contribution in [3.05, 3.63) is 53.6 Å². The molecule has 132 valence electrons. The van der Waals surface area contributed by atoms with Crippen molar-refractivity contribution in [2.75, 3.05) is 17.7 Å². The van der Waals surface area contributed by atoms with Crippen LogP contribution < -0.4 is 15.4 Å². The van der Waals surface area contributed by atoms with Crippen LogP contribution in [0.5, 0.6) is 5.75 Å². The maximum atomic E-state index is 12.3. The molecule has 0 saturated heterocycles. The number of aryl methyl sites for hydroxylation is 1. The molecule has 0 fully saturated rings. The fourth-order valence-electron chi connectivity index (χ4n) is 2.41. The standard InChI is InChI=1S/C20H24N2O3/c1-4-5-9-19(23)22-17-11-10-16(13-18(17)25-3)21-20(24)15-8-6-7-14(2)12-15/h6-8,10-13H,4-5,9H2,1-3H3,(H,21,24)(H,22,23). The number of rotatable bonds is 7. The molecule has 0 unspecified atom stereocenters. The molecule has 0 heterocycles. The number of hydrogen-bond donors (Lipinski definition) is 2. The van der Waals surface area contributed by atoms with Gasteiger partial charge < -0.3 is 15.4 Å². The Labute approximate surface area is 148 Å². The minimum absolute atomic E-state index is 0.0447. The van der Waals surface area contributed by atoms with Crippen LogP contribution in [-0.2, 0) is 4.79 Å². The van der Waals surface area contributed by atoms with Gasteiger partial charge in [0.2, 0.25) is 5.91 Å². The molecule has 2 N–H and O–H groups in total. The number of nitrogens with one attached hydrogen (secondary N) is 2. The van der Waals surface area contributed by atoms with E-state index < -0.39 is 0 Å². The Balaban J connectivity index is 2.10. The Morgan fingerprint density at radius 2 is 1.88 bits per heavy atom. The number of anilines is 2. The van der Waals surface area contributed by atoms with Crippen molar-refractivity contribution in [2.45, 2.75) is 33.1 Å². The second kappa shape index (κ2) is 8.87. The van der Waals surface area contributed by atoms with E-state index in [9.17, 15) is 9.59 Å². The second-order valence-corrected chi connectivity index (χ2v) is 5.89. The zero-order chi connectivity index (χ0) is 18.2. The van der Waals surface area contributed by atoms with Crippen molar-refractivity contribution in [1.29, 1.82) is 0 Å². The lowest BCUT2D eigenvalue weighted by Crippen LogP contribution is -2.14. The monoisotopic (exact) mass is 340 g/mol. The lowest BCUT2D eigenvalue weighted by molar-refractivity contribution is -0.116. The average Bonchev–Trinajstić information content (AvgIpc) is 2.61. The zero-order valence-corrected chi connectivity index (χ0v) is 14.9. The van der Waals surface area contributed by atoms with E-state index in [0.29, 0.717) is 29.1 Å². The van der Waals surface area contributed by atoms with Gasteiger partial charge in [0, 0.05) is 23.7 Å². The zero-order valence-electron chi connectivity index (χ0n) is 14.9. The average molecular weight is 340 g/mol. The van der Waals surface area contributed by atoms with E-state index in [4.69, 9.17) is 4.74 Å². The van der Waals surface area contributed by atoms with Gasteiger partial charge in [-0.3, -0.25) is 9.59 Å². The molecular weight excluding hydrogens is 316 g/mol. The smallest absolute Gasteiger partial charge is 0.255 e. The first-order chi connectivity index (χ1) is 12.0. The summed E-state index contributed by atoms with van der Waals surface area (Å²) in [4.78, 5) is 24.2. The summed E-state index contributed by atoms with van der Waals surface area (Å²) >= 11 is 0. The summed E-state index contributed by atoms with van der Waals surface area (Å²) in [5.74, 6) is 0.272. The maximum Gasteiger partial charge on any atom is 0.255 e. The first kappa shape index (κ1) is 18.5. The predicted octanol–water partition coefficient (Wildman–Crippen LogP) is 4.38. The van der Waals surface area contributed by atoms with Crippen LogP contribution in [0.2, 0.25) is 0 Å². The minimum atomic E-state index is -0.189. The lowest BCUT2D eigenvalue weighted by Gasteiger charge is -2.13. The largest absolute Gasteiger partial charge is 0.494 e. The van der Waals surface area contributed by atoms with Crippen LogP contribution in [0, 0.1) is 6.92 Å². The molecule has 0 bridgehead atoms. The van der Waals surface area contributed by atoms with Crippen LogP contribution in [-0.4, -0.2) is 18.9 Å². The molecule has 2 aromatic rings. The number of unbranched alkanes of at least 4 members (excludes halogenated alkanes) is 1. The highest BCUT2D eigenvalue weighted by Gasteiger charge is 2.11. The highest BCUT2D eigenvalue weighted by molar-refractivity contribution is 6.04. The molecule has 0 aliphatic rings. The summed E-state index contributed by atoms with van der Waals surface area (Å²) < 4.78 is 5.33. The Morgan fingerprint density at radius 1 is 1.08 bits per heavy atom. The molecule has 5 heteroatoms. The van der Waals surface area contributed by atoms with Crippen LogP contribution in [0.3, 0.4) is 0 Å². The number of hydrogen-bond acceptors (Lipinski definition) is 3. The fourth-order valence-corrected chi connectivity index (χ4v) is 2.41. The van der Waals surface area contributed by atoms with Gasteiger partial charge in [0.1, 0.15) is 5.75 Å². The second-order valence-electron chi connectivity index (χ2n) is 5.89. The van der Waals surface area contributed by atoms with Gasteiger partial charge in [-0.25, -0.2) is 0 Å². The normalized spacial score (nSPS) is 10.2. The number of benzene rings is 2. The molecule has 0 aliphatic carbocycles. The Bertz CT molecular complexity index is 756. The van der Waals surface area contributed by atoms with Crippen molar-refractivity contribution < 1.29 is 14.3 Å². The van der Waals surface area contributed by atoms with Crippen molar-refractivity contribution >= 4 is 23.2 Å². The van der Waals surface area contributed by atoms with E-state index in [1.165, 1.54) is 7.11 Å². The Morgan fingerprint density at radius 3 is 2.56 bits per heavy atom. The van der Waals surface area contributed by atoms with Gasteiger partial charge >= 0.3 is 0 Å². The third kappa shape index (κ3) is 5.35. The fraction of sp³-hybridized carbons (Fsp3) is 0.300. The molecule has 0 atom stereocenters. The first-order valence-electron chi connectivity index (χ1n) is 8.39. The third-order valence-electron chi connectivity index (χ3n) is 3.77. The molecule has 0 aliphatic heterocycles. The molecule has 0 spiro atoms. The molecular formula is C20H24N2O3. The predicted molar refractivity (Wildman–Crippen MR) is 100 cm³/mol. The van der Waals surface area contributed by atoms with Crippen LogP contribution in [0.4, 0.5) is 11.4 Å². The summed E-state index contributed by atoms with van der Waals surface area (Å²) in [6.45, 7) is 3.98. The summed E-state index contributed by atoms with van der Waals surface area (Å²) in [5, 5.41) is 5.68. The van der Waals surface area contributed by atoms with Gasteiger partial charge in [0.25, 0.3) is 5.91 Å². The van der Waals surface area contributed by atoms with Gasteiger partial charge in [0.05, 0.1) is 12.8 Å². The van der Waals surface area contributed by atoms with E-state index >= 15 is 0 Å². The molecule has 0 radical (unpaired) electrons. The summed E-state index contributed by atoms with van der Waals surface area (Å²) in [6, 6.07) is 12.6. The number of amides is 2. The van der Waals surface area contributed by atoms with Gasteiger partial charge in [-0.1, -0.05) is 31.0 Å². The molecule has 0 aromatic heterocycles. The summed E-state index contributed by atoms with van der Waals surface area (Å²) in [5.41, 5.74) is 2.82. The van der Waals surface area contributed by atoms with Crippen LogP contribution in [0.15, 0.2) is 42.5 Å². The van der Waals surface area contributed by atoms with E-state index in [-0.39, 0.29) is 11.8 Å². The number of methoxy groups -OCH3 is 1. The topological polar surface area (TPSA) is 67.4 Å². The van der Waals surface area contributed by atoms with Crippen molar-refractivity contribution in [1.82, 2.24) is 0 Å². The summed E-state index contributed by atoms with van der Waals surface area (Å²) in [7, 11) is 1.53. The Hall–Kier alpha value is -2.82. The SMILES string of the molecule is CCCCC(=O)Nc1ccc(NC(=O)c2cccc(C)c2)cc1OC. The van der Waals surface area contributed by atoms with Crippen LogP contribution >= 0.6 is 0 Å². The van der Waals surface area contributed by atoms with E-state index in [0.717, 1.165) is 18.4 Å². The van der Waals surface area contributed by atoms with Gasteiger partial charge in [-0.15, -0.1) is 0 Å². The molecule has 2 amide bonds. The lowest BCUT2D eigenvalue weighted by atomic mass is 10.1. The van der Waals surface area contributed by atoms with Crippen LogP contribution in [0.25, 0.3) is 0 Å². The number of carbonyl (C=O) groups is 2. The maximum absolute atomic E-state index is 12.3. The molecule has 2 rings (SSSR count). The highest BCUT2D eigenvalue weighted by atomic mass is 16.5.